The Balaban J connectivity index is 1.94. The first-order valence-corrected chi connectivity index (χ1v) is 4.76. The van der Waals surface area contributed by atoms with E-state index in [1.165, 1.54) is 12.7 Å². The lowest BCUT2D eigenvalue weighted by Crippen LogP contribution is -1.99. The molecule has 0 saturated heterocycles. The first-order chi connectivity index (χ1) is 7.88. The van der Waals surface area contributed by atoms with E-state index in [2.05, 4.69) is 15.0 Å². The molecule has 0 aliphatic carbocycles. The molecule has 1 aromatic heterocycles. The van der Waals surface area contributed by atoms with Gasteiger partial charge in [-0.05, 0) is 17.7 Å². The molecule has 0 aliphatic rings. The summed E-state index contributed by atoms with van der Waals surface area (Å²) < 4.78 is 10.4. The summed E-state index contributed by atoms with van der Waals surface area (Å²) in [5.74, 6) is 0.823. The lowest BCUT2D eigenvalue weighted by Gasteiger charge is -2.04. The van der Waals surface area contributed by atoms with Gasteiger partial charge in [-0.25, -0.2) is 4.98 Å². The molecule has 0 atom stereocenters. The summed E-state index contributed by atoms with van der Waals surface area (Å²) in [6, 6.07) is 7.95. The molecule has 0 radical (unpaired) electrons. The Hall–Kier alpha value is -2.17. The highest BCUT2D eigenvalue weighted by molar-refractivity contribution is 5.26. The molecule has 0 bridgehead atoms. The van der Waals surface area contributed by atoms with Crippen molar-refractivity contribution in [3.8, 4) is 11.8 Å². The maximum atomic E-state index is 5.36. The third kappa shape index (κ3) is 2.66. The van der Waals surface area contributed by atoms with E-state index in [1.807, 2.05) is 24.3 Å². The summed E-state index contributed by atoms with van der Waals surface area (Å²) in [6.45, 7) is 0.425. The molecule has 5 nitrogen and oxygen atoms in total. The second-order valence-corrected chi connectivity index (χ2v) is 3.06. The number of ether oxygens (including phenoxy) is 2. The van der Waals surface area contributed by atoms with Crippen molar-refractivity contribution in [2.75, 3.05) is 7.11 Å². The van der Waals surface area contributed by atoms with Crippen LogP contribution in [0.15, 0.2) is 36.9 Å². The summed E-state index contributed by atoms with van der Waals surface area (Å²) >= 11 is 0. The molecule has 82 valence electrons. The Kier molecular flexibility index (Phi) is 3.28. The van der Waals surface area contributed by atoms with Gasteiger partial charge in [0, 0.05) is 0 Å². The molecule has 16 heavy (non-hydrogen) atoms. The fourth-order valence-electron chi connectivity index (χ4n) is 1.17. The zero-order valence-electron chi connectivity index (χ0n) is 8.83. The highest BCUT2D eigenvalue weighted by Crippen LogP contribution is 2.12. The minimum atomic E-state index is 0.325. The minimum absolute atomic E-state index is 0.325. The third-order valence-corrected chi connectivity index (χ3v) is 2.00. The van der Waals surface area contributed by atoms with Crippen LogP contribution in [0.1, 0.15) is 5.56 Å². The van der Waals surface area contributed by atoms with E-state index in [0.717, 1.165) is 11.3 Å². The Bertz CT molecular complexity index is 431. The van der Waals surface area contributed by atoms with Crippen LogP contribution in [0.2, 0.25) is 0 Å². The van der Waals surface area contributed by atoms with Crippen molar-refractivity contribution in [3.05, 3.63) is 42.5 Å². The molecule has 1 aromatic carbocycles. The average Bonchev–Trinajstić information content (AvgIpc) is 2.38. The quantitative estimate of drug-likeness (QED) is 0.776. The van der Waals surface area contributed by atoms with Crippen LogP contribution in [-0.2, 0) is 6.61 Å². The third-order valence-electron chi connectivity index (χ3n) is 2.00. The Morgan fingerprint density at radius 3 is 2.38 bits per heavy atom. The van der Waals surface area contributed by atoms with Gasteiger partial charge in [0.25, 0.3) is 0 Å². The predicted molar refractivity (Wildman–Crippen MR) is 57.2 cm³/mol. The Labute approximate surface area is 93.1 Å². The first kappa shape index (κ1) is 10.4. The highest BCUT2D eigenvalue weighted by atomic mass is 16.5. The van der Waals surface area contributed by atoms with Gasteiger partial charge in [0.15, 0.2) is 0 Å². The van der Waals surface area contributed by atoms with Crippen LogP contribution in [0, 0.1) is 0 Å². The molecule has 0 N–H and O–H groups in total. The summed E-state index contributed by atoms with van der Waals surface area (Å²) in [5.41, 5.74) is 1.03. The first-order valence-electron chi connectivity index (χ1n) is 4.76. The molecule has 1 heterocycles. The van der Waals surface area contributed by atoms with Crippen molar-refractivity contribution in [3.63, 3.8) is 0 Å². The Morgan fingerprint density at radius 2 is 1.75 bits per heavy atom. The van der Waals surface area contributed by atoms with Crippen LogP contribution in [0.25, 0.3) is 0 Å². The SMILES string of the molecule is COc1ccc(COc2ncncn2)cc1. The standard InChI is InChI=1S/C11H11N3O2/c1-15-10-4-2-9(3-5-10)6-16-11-13-7-12-8-14-11/h2-5,7-8H,6H2,1H3. The summed E-state index contributed by atoms with van der Waals surface area (Å²) in [5, 5.41) is 0. The number of benzene rings is 1. The Morgan fingerprint density at radius 1 is 1.06 bits per heavy atom. The molecular formula is C11H11N3O2. The van der Waals surface area contributed by atoms with E-state index in [0.29, 0.717) is 12.6 Å². The summed E-state index contributed by atoms with van der Waals surface area (Å²) in [7, 11) is 1.64. The topological polar surface area (TPSA) is 57.1 Å². The number of rotatable bonds is 4. The van der Waals surface area contributed by atoms with E-state index in [4.69, 9.17) is 9.47 Å². The fourth-order valence-corrected chi connectivity index (χ4v) is 1.17. The van der Waals surface area contributed by atoms with Gasteiger partial charge in [0.1, 0.15) is 25.0 Å². The van der Waals surface area contributed by atoms with Gasteiger partial charge in [0.05, 0.1) is 7.11 Å². The van der Waals surface area contributed by atoms with E-state index in [1.54, 1.807) is 7.11 Å². The maximum absolute atomic E-state index is 5.36. The average molecular weight is 217 g/mol. The molecule has 2 rings (SSSR count). The molecule has 0 spiro atoms. The number of methoxy groups -OCH3 is 1. The molecule has 0 amide bonds. The molecule has 0 fully saturated rings. The second-order valence-electron chi connectivity index (χ2n) is 3.06. The van der Waals surface area contributed by atoms with Gasteiger partial charge in [-0.3, -0.25) is 0 Å². The summed E-state index contributed by atoms with van der Waals surface area (Å²) in [4.78, 5) is 11.4. The van der Waals surface area contributed by atoms with Crippen LogP contribution >= 0.6 is 0 Å². The zero-order valence-corrected chi connectivity index (χ0v) is 8.83. The van der Waals surface area contributed by atoms with Crippen LogP contribution < -0.4 is 9.47 Å². The molecule has 0 saturated carbocycles. The normalized spacial score (nSPS) is 9.81. The zero-order chi connectivity index (χ0) is 11.2. The van der Waals surface area contributed by atoms with Crippen molar-refractivity contribution in [1.29, 1.82) is 0 Å². The van der Waals surface area contributed by atoms with Crippen molar-refractivity contribution >= 4 is 0 Å². The fraction of sp³-hybridized carbons (Fsp3) is 0.182. The molecule has 0 unspecified atom stereocenters. The largest absolute Gasteiger partial charge is 0.497 e. The lowest BCUT2D eigenvalue weighted by molar-refractivity contribution is 0.279. The van der Waals surface area contributed by atoms with Crippen LogP contribution in [0.3, 0.4) is 0 Å². The molecule has 2 aromatic rings. The van der Waals surface area contributed by atoms with Gasteiger partial charge in [-0.15, -0.1) is 0 Å². The number of hydrogen-bond acceptors (Lipinski definition) is 5. The van der Waals surface area contributed by atoms with E-state index >= 15 is 0 Å². The van der Waals surface area contributed by atoms with Crippen LogP contribution in [0.5, 0.6) is 11.8 Å². The van der Waals surface area contributed by atoms with Gasteiger partial charge in [-0.2, -0.15) is 9.97 Å². The van der Waals surface area contributed by atoms with Gasteiger partial charge in [-0.1, -0.05) is 12.1 Å². The number of hydrogen-bond donors (Lipinski definition) is 0. The van der Waals surface area contributed by atoms with Crippen molar-refractivity contribution in [2.24, 2.45) is 0 Å². The maximum Gasteiger partial charge on any atom is 0.319 e. The predicted octanol–water partition coefficient (Wildman–Crippen LogP) is 1.46. The van der Waals surface area contributed by atoms with Gasteiger partial charge in [0.2, 0.25) is 0 Å². The van der Waals surface area contributed by atoms with Crippen LogP contribution in [-0.4, -0.2) is 22.1 Å². The smallest absolute Gasteiger partial charge is 0.319 e. The number of nitrogens with zero attached hydrogens (tertiary/aromatic N) is 3. The molecule has 0 aliphatic heterocycles. The van der Waals surface area contributed by atoms with Gasteiger partial charge < -0.3 is 9.47 Å². The van der Waals surface area contributed by atoms with E-state index in [9.17, 15) is 0 Å². The second kappa shape index (κ2) is 5.06. The molecule has 5 heteroatoms. The molecular weight excluding hydrogens is 206 g/mol. The van der Waals surface area contributed by atoms with Gasteiger partial charge >= 0.3 is 6.01 Å². The number of aromatic nitrogens is 3. The monoisotopic (exact) mass is 217 g/mol. The van der Waals surface area contributed by atoms with Crippen molar-refractivity contribution in [1.82, 2.24) is 15.0 Å². The van der Waals surface area contributed by atoms with E-state index in [-0.39, 0.29) is 0 Å². The minimum Gasteiger partial charge on any atom is -0.497 e. The highest BCUT2D eigenvalue weighted by Gasteiger charge is 1.98. The van der Waals surface area contributed by atoms with E-state index < -0.39 is 0 Å². The van der Waals surface area contributed by atoms with Crippen molar-refractivity contribution in [2.45, 2.75) is 6.61 Å². The lowest BCUT2D eigenvalue weighted by atomic mass is 10.2. The van der Waals surface area contributed by atoms with Crippen molar-refractivity contribution < 1.29 is 9.47 Å². The summed E-state index contributed by atoms with van der Waals surface area (Å²) in [6.07, 6.45) is 2.80. The van der Waals surface area contributed by atoms with Crippen LogP contribution in [0.4, 0.5) is 0 Å².